The molecule has 1 aliphatic rings. The van der Waals surface area contributed by atoms with Crippen molar-refractivity contribution in [2.75, 3.05) is 6.61 Å². The summed E-state index contributed by atoms with van der Waals surface area (Å²) >= 11 is 17.8. The standard InChI is InChI=1S/C16H10Cl3NO3/c17-9-1-3-13-11(5-9)15(7-21)23-16(20-13)8-22-14-4-2-10(18)6-12(14)19/h1-7,15H,8H2. The summed E-state index contributed by atoms with van der Waals surface area (Å²) in [5.41, 5.74) is 1.25. The molecule has 0 bridgehead atoms. The van der Waals surface area contributed by atoms with Crippen molar-refractivity contribution in [3.8, 4) is 5.75 Å². The summed E-state index contributed by atoms with van der Waals surface area (Å²) in [5, 5.41) is 1.41. The van der Waals surface area contributed by atoms with Crippen molar-refractivity contribution in [3.63, 3.8) is 0 Å². The molecule has 0 amide bonds. The second-order valence-corrected chi connectivity index (χ2v) is 6.03. The number of hydrogen-bond acceptors (Lipinski definition) is 4. The van der Waals surface area contributed by atoms with Crippen LogP contribution >= 0.6 is 34.8 Å². The molecule has 0 saturated carbocycles. The number of nitrogens with zero attached hydrogens (tertiary/aromatic N) is 1. The van der Waals surface area contributed by atoms with Crippen LogP contribution in [0, 0.1) is 0 Å². The van der Waals surface area contributed by atoms with Gasteiger partial charge in [0.05, 0.1) is 10.7 Å². The maximum atomic E-state index is 11.2. The number of halogens is 3. The van der Waals surface area contributed by atoms with E-state index in [1.807, 2.05) is 0 Å². The number of fused-ring (bicyclic) bond motifs is 1. The lowest BCUT2D eigenvalue weighted by Crippen LogP contribution is -2.22. The molecule has 1 unspecified atom stereocenters. The fraction of sp³-hybridized carbons (Fsp3) is 0.125. The zero-order valence-electron chi connectivity index (χ0n) is 11.6. The Morgan fingerprint density at radius 1 is 1.13 bits per heavy atom. The Morgan fingerprint density at radius 2 is 1.87 bits per heavy atom. The molecule has 0 saturated heterocycles. The number of carbonyl (C=O) groups is 1. The Balaban J connectivity index is 1.81. The predicted molar refractivity (Wildman–Crippen MR) is 90.4 cm³/mol. The largest absolute Gasteiger partial charge is 0.482 e. The molecule has 0 aliphatic carbocycles. The molecular formula is C16H10Cl3NO3. The van der Waals surface area contributed by atoms with Gasteiger partial charge in [-0.2, -0.15) is 0 Å². The molecule has 1 aliphatic heterocycles. The molecule has 4 nitrogen and oxygen atoms in total. The second kappa shape index (κ2) is 6.79. The Morgan fingerprint density at radius 3 is 2.61 bits per heavy atom. The summed E-state index contributed by atoms with van der Waals surface area (Å²) in [4.78, 5) is 15.6. The van der Waals surface area contributed by atoms with Gasteiger partial charge in [-0.05, 0) is 36.4 Å². The van der Waals surface area contributed by atoms with Gasteiger partial charge in [0.1, 0.15) is 5.75 Å². The summed E-state index contributed by atoms with van der Waals surface area (Å²) in [5.74, 6) is 0.731. The predicted octanol–water partition coefficient (Wildman–Crippen LogP) is 5.03. The van der Waals surface area contributed by atoms with Crippen molar-refractivity contribution >= 4 is 52.7 Å². The van der Waals surface area contributed by atoms with Crippen molar-refractivity contribution in [2.45, 2.75) is 6.10 Å². The molecule has 0 fully saturated rings. The molecule has 1 heterocycles. The third-order valence-corrected chi connectivity index (χ3v) is 3.94. The van der Waals surface area contributed by atoms with E-state index in [0.29, 0.717) is 38.4 Å². The zero-order valence-corrected chi connectivity index (χ0v) is 13.9. The highest BCUT2D eigenvalue weighted by molar-refractivity contribution is 6.35. The maximum absolute atomic E-state index is 11.2. The lowest BCUT2D eigenvalue weighted by atomic mass is 10.1. The van der Waals surface area contributed by atoms with Crippen molar-refractivity contribution < 1.29 is 14.3 Å². The molecular weight excluding hydrogens is 361 g/mol. The van der Waals surface area contributed by atoms with Crippen LogP contribution in [0.4, 0.5) is 5.69 Å². The van der Waals surface area contributed by atoms with Crippen molar-refractivity contribution in [1.29, 1.82) is 0 Å². The Kier molecular flexibility index (Phi) is 4.76. The average Bonchev–Trinajstić information content (AvgIpc) is 2.53. The molecule has 7 heteroatoms. The summed E-state index contributed by atoms with van der Waals surface area (Å²) in [7, 11) is 0. The summed E-state index contributed by atoms with van der Waals surface area (Å²) in [6.45, 7) is 0.0355. The maximum Gasteiger partial charge on any atom is 0.228 e. The van der Waals surface area contributed by atoms with Crippen LogP contribution in [0.15, 0.2) is 41.4 Å². The quantitative estimate of drug-likeness (QED) is 0.709. The number of rotatable bonds is 4. The minimum absolute atomic E-state index is 0.0355. The van der Waals surface area contributed by atoms with E-state index in [9.17, 15) is 4.79 Å². The number of carbonyl (C=O) groups excluding carboxylic acids is 1. The summed E-state index contributed by atoms with van der Waals surface area (Å²) in [6, 6.07) is 9.98. The Bertz CT molecular complexity index is 792. The number of aldehydes is 1. The van der Waals surface area contributed by atoms with Crippen LogP contribution in [0.5, 0.6) is 5.75 Å². The van der Waals surface area contributed by atoms with Crippen molar-refractivity contribution in [1.82, 2.24) is 0 Å². The van der Waals surface area contributed by atoms with Crippen LogP contribution in [0.3, 0.4) is 0 Å². The van der Waals surface area contributed by atoms with Crippen LogP contribution in [-0.2, 0) is 9.53 Å². The molecule has 118 valence electrons. The van der Waals surface area contributed by atoms with Gasteiger partial charge in [0.25, 0.3) is 0 Å². The first-order valence-electron chi connectivity index (χ1n) is 6.63. The van der Waals surface area contributed by atoms with Crippen LogP contribution in [0.1, 0.15) is 11.7 Å². The van der Waals surface area contributed by atoms with Crippen LogP contribution in [0.25, 0.3) is 0 Å². The van der Waals surface area contributed by atoms with Gasteiger partial charge in [0, 0.05) is 15.6 Å². The topological polar surface area (TPSA) is 47.9 Å². The summed E-state index contributed by atoms with van der Waals surface area (Å²) < 4.78 is 11.1. The molecule has 23 heavy (non-hydrogen) atoms. The normalized spacial score (nSPS) is 16.1. The third kappa shape index (κ3) is 3.61. The first kappa shape index (κ1) is 16.1. The number of benzene rings is 2. The van der Waals surface area contributed by atoms with E-state index in [1.54, 1.807) is 36.4 Å². The first-order chi connectivity index (χ1) is 11.1. The molecule has 0 radical (unpaired) electrons. The Labute approximate surface area is 147 Å². The van der Waals surface area contributed by atoms with Gasteiger partial charge in [-0.3, -0.25) is 4.79 Å². The van der Waals surface area contributed by atoms with E-state index >= 15 is 0 Å². The van der Waals surface area contributed by atoms with Crippen LogP contribution < -0.4 is 4.74 Å². The van der Waals surface area contributed by atoms with E-state index in [1.165, 1.54) is 0 Å². The van der Waals surface area contributed by atoms with Gasteiger partial charge >= 0.3 is 0 Å². The minimum atomic E-state index is -0.763. The first-order valence-corrected chi connectivity index (χ1v) is 7.77. The van der Waals surface area contributed by atoms with Gasteiger partial charge in [-0.15, -0.1) is 0 Å². The molecule has 0 N–H and O–H groups in total. The molecule has 3 rings (SSSR count). The van der Waals surface area contributed by atoms with Gasteiger partial charge in [0.15, 0.2) is 19.0 Å². The SMILES string of the molecule is O=CC1OC(COc2ccc(Cl)cc2Cl)=Nc2ccc(Cl)cc21. The smallest absolute Gasteiger partial charge is 0.228 e. The lowest BCUT2D eigenvalue weighted by molar-refractivity contribution is -0.114. The molecule has 1 atom stereocenters. The van der Waals surface area contributed by atoms with E-state index in [0.717, 1.165) is 0 Å². The summed E-state index contributed by atoms with van der Waals surface area (Å²) in [6.07, 6.45) is -0.0699. The number of hydrogen-bond donors (Lipinski definition) is 0. The van der Waals surface area contributed by atoms with Crippen molar-refractivity contribution in [2.24, 2.45) is 4.99 Å². The van der Waals surface area contributed by atoms with E-state index in [-0.39, 0.29) is 12.5 Å². The van der Waals surface area contributed by atoms with Crippen molar-refractivity contribution in [3.05, 3.63) is 57.0 Å². The fourth-order valence-corrected chi connectivity index (χ4v) is 2.77. The van der Waals surface area contributed by atoms with Gasteiger partial charge in [-0.1, -0.05) is 34.8 Å². The van der Waals surface area contributed by atoms with Gasteiger partial charge in [-0.25, -0.2) is 4.99 Å². The van der Waals surface area contributed by atoms with Gasteiger partial charge < -0.3 is 9.47 Å². The molecule has 2 aromatic carbocycles. The number of ether oxygens (including phenoxy) is 2. The molecule has 2 aromatic rings. The zero-order chi connectivity index (χ0) is 16.4. The lowest BCUT2D eigenvalue weighted by Gasteiger charge is -2.22. The fourth-order valence-electron chi connectivity index (χ4n) is 2.12. The highest BCUT2D eigenvalue weighted by atomic mass is 35.5. The highest BCUT2D eigenvalue weighted by Crippen LogP contribution is 2.34. The van der Waals surface area contributed by atoms with E-state index in [2.05, 4.69) is 4.99 Å². The number of aliphatic imine (C=N–C) groups is 1. The second-order valence-electron chi connectivity index (χ2n) is 4.75. The molecule has 0 aromatic heterocycles. The molecule has 0 spiro atoms. The van der Waals surface area contributed by atoms with E-state index < -0.39 is 6.10 Å². The third-order valence-electron chi connectivity index (χ3n) is 3.17. The average molecular weight is 371 g/mol. The van der Waals surface area contributed by atoms with Gasteiger partial charge in [0.2, 0.25) is 5.90 Å². The van der Waals surface area contributed by atoms with Crippen LogP contribution in [-0.4, -0.2) is 18.8 Å². The monoisotopic (exact) mass is 369 g/mol. The minimum Gasteiger partial charge on any atom is -0.482 e. The van der Waals surface area contributed by atoms with E-state index in [4.69, 9.17) is 44.3 Å². The Hall–Kier alpha value is -1.75. The highest BCUT2D eigenvalue weighted by Gasteiger charge is 2.24. The van der Waals surface area contributed by atoms with Crippen LogP contribution in [0.2, 0.25) is 15.1 Å².